The maximum absolute atomic E-state index is 12.6. The Kier molecular flexibility index (Phi) is 6.19. The molecule has 1 aliphatic carbocycles. The van der Waals surface area contributed by atoms with Crippen molar-refractivity contribution in [2.75, 3.05) is 5.32 Å². The van der Waals surface area contributed by atoms with Gasteiger partial charge in [0.15, 0.2) is 0 Å². The second kappa shape index (κ2) is 8.59. The first-order valence-corrected chi connectivity index (χ1v) is 9.41. The van der Waals surface area contributed by atoms with Crippen LogP contribution >= 0.6 is 23.2 Å². The summed E-state index contributed by atoms with van der Waals surface area (Å²) in [6.07, 6.45) is 5.03. The number of nitrogens with zero attached hydrogens (tertiary/aromatic N) is 1. The highest BCUT2D eigenvalue weighted by Gasteiger charge is 2.21. The van der Waals surface area contributed by atoms with Gasteiger partial charge < -0.3 is 10.1 Å². The van der Waals surface area contributed by atoms with Crippen molar-refractivity contribution >= 4 is 40.5 Å². The van der Waals surface area contributed by atoms with Crippen LogP contribution in [0.5, 0.6) is 5.75 Å². The Hall–Kier alpha value is -2.31. The molecule has 0 aromatic heterocycles. The minimum Gasteiger partial charge on any atom is -0.488 e. The highest BCUT2D eigenvalue weighted by Crippen LogP contribution is 2.33. The van der Waals surface area contributed by atoms with Crippen LogP contribution in [0.4, 0.5) is 11.4 Å². The van der Waals surface area contributed by atoms with Crippen LogP contribution in [0.2, 0.25) is 10.0 Å². The van der Waals surface area contributed by atoms with Gasteiger partial charge in [-0.1, -0.05) is 29.6 Å². The van der Waals surface area contributed by atoms with Gasteiger partial charge in [0.25, 0.3) is 11.6 Å². The molecule has 1 fully saturated rings. The number of non-ortho nitro benzene ring substituents is 1. The van der Waals surface area contributed by atoms with Crippen LogP contribution in [0.25, 0.3) is 0 Å². The molecule has 2 aromatic carbocycles. The van der Waals surface area contributed by atoms with Crippen molar-refractivity contribution in [3.63, 3.8) is 0 Å². The van der Waals surface area contributed by atoms with Crippen LogP contribution in [0.15, 0.2) is 36.4 Å². The van der Waals surface area contributed by atoms with Crippen LogP contribution in [0, 0.1) is 10.1 Å². The molecular weight excluding hydrogens is 391 g/mol. The van der Waals surface area contributed by atoms with E-state index >= 15 is 0 Å². The minimum absolute atomic E-state index is 0.0180. The van der Waals surface area contributed by atoms with E-state index in [1.54, 1.807) is 6.07 Å². The van der Waals surface area contributed by atoms with E-state index in [9.17, 15) is 14.9 Å². The normalized spacial score (nSPS) is 14.6. The summed E-state index contributed by atoms with van der Waals surface area (Å²) >= 11 is 11.9. The third kappa shape index (κ3) is 4.90. The van der Waals surface area contributed by atoms with Crippen LogP contribution in [0.3, 0.4) is 0 Å². The van der Waals surface area contributed by atoms with Gasteiger partial charge in [-0.25, -0.2) is 0 Å². The molecule has 1 saturated carbocycles. The van der Waals surface area contributed by atoms with Crippen molar-refractivity contribution in [2.24, 2.45) is 0 Å². The Bertz CT molecular complexity index is 867. The maximum atomic E-state index is 12.6. The summed E-state index contributed by atoms with van der Waals surface area (Å²) in [5.74, 6) is -0.159. The van der Waals surface area contributed by atoms with Crippen molar-refractivity contribution in [3.8, 4) is 5.75 Å². The number of hydrogen-bond donors (Lipinski definition) is 1. The molecule has 0 unspecified atom stereocenters. The average Bonchev–Trinajstić information content (AvgIpc) is 2.63. The molecule has 0 radical (unpaired) electrons. The van der Waals surface area contributed by atoms with E-state index in [1.165, 1.54) is 30.3 Å². The van der Waals surface area contributed by atoms with Crippen LogP contribution in [0.1, 0.15) is 42.5 Å². The van der Waals surface area contributed by atoms with Crippen molar-refractivity contribution < 1.29 is 14.5 Å². The molecule has 0 atom stereocenters. The third-order valence-electron chi connectivity index (χ3n) is 4.45. The minimum atomic E-state index is -0.491. The number of anilines is 1. The molecule has 2 aromatic rings. The number of carbonyl (C=O) groups excluding carboxylic acids is 1. The summed E-state index contributed by atoms with van der Waals surface area (Å²) in [4.78, 5) is 23.2. The van der Waals surface area contributed by atoms with E-state index in [0.29, 0.717) is 10.7 Å². The number of rotatable bonds is 5. The number of nitrogens with one attached hydrogen (secondary N) is 1. The molecule has 0 aliphatic heterocycles. The SMILES string of the molecule is O=C(Nc1ccc([N+](=O)[O-])cc1OC1CCCCC1)c1ccc(Cl)cc1Cl. The molecular formula is C19H18Cl2N2O4. The van der Waals surface area contributed by atoms with Gasteiger partial charge in [-0.2, -0.15) is 0 Å². The number of carbonyl (C=O) groups is 1. The molecule has 1 amide bonds. The lowest BCUT2D eigenvalue weighted by Crippen LogP contribution is -2.21. The number of nitro benzene ring substituents is 1. The summed E-state index contributed by atoms with van der Waals surface area (Å²) < 4.78 is 5.99. The first-order valence-electron chi connectivity index (χ1n) is 8.65. The second-order valence-corrected chi connectivity index (χ2v) is 7.24. The zero-order valence-corrected chi connectivity index (χ0v) is 15.9. The quantitative estimate of drug-likeness (QED) is 0.495. The number of hydrogen-bond acceptors (Lipinski definition) is 4. The number of benzene rings is 2. The zero-order chi connectivity index (χ0) is 19.4. The Morgan fingerprint density at radius 3 is 2.52 bits per heavy atom. The van der Waals surface area contributed by atoms with E-state index in [1.807, 2.05) is 0 Å². The summed E-state index contributed by atoms with van der Waals surface area (Å²) in [5.41, 5.74) is 0.522. The zero-order valence-electron chi connectivity index (χ0n) is 14.4. The fourth-order valence-corrected chi connectivity index (χ4v) is 3.55. The Morgan fingerprint density at radius 2 is 1.85 bits per heavy atom. The maximum Gasteiger partial charge on any atom is 0.273 e. The smallest absolute Gasteiger partial charge is 0.273 e. The molecule has 0 bridgehead atoms. The molecule has 0 saturated heterocycles. The lowest BCUT2D eigenvalue weighted by molar-refractivity contribution is -0.384. The van der Waals surface area contributed by atoms with Gasteiger partial charge in [0.1, 0.15) is 5.75 Å². The van der Waals surface area contributed by atoms with Gasteiger partial charge >= 0.3 is 0 Å². The monoisotopic (exact) mass is 408 g/mol. The first kappa shape index (κ1) is 19.5. The fraction of sp³-hybridized carbons (Fsp3) is 0.316. The van der Waals surface area contributed by atoms with E-state index in [2.05, 4.69) is 5.32 Å². The van der Waals surface area contributed by atoms with Gasteiger partial charge in [-0.3, -0.25) is 14.9 Å². The van der Waals surface area contributed by atoms with Crippen molar-refractivity contribution in [1.29, 1.82) is 0 Å². The highest BCUT2D eigenvalue weighted by atomic mass is 35.5. The van der Waals surface area contributed by atoms with Gasteiger partial charge in [-0.05, 0) is 49.9 Å². The van der Waals surface area contributed by atoms with E-state index in [4.69, 9.17) is 27.9 Å². The standard InChI is InChI=1S/C19H18Cl2N2O4/c20-12-6-8-15(16(21)10-12)19(24)22-17-9-7-13(23(25)26)11-18(17)27-14-4-2-1-3-5-14/h6-11,14H,1-5H2,(H,22,24). The lowest BCUT2D eigenvalue weighted by atomic mass is 9.98. The lowest BCUT2D eigenvalue weighted by Gasteiger charge is -2.24. The Balaban J connectivity index is 1.86. The molecule has 6 nitrogen and oxygen atoms in total. The predicted molar refractivity (Wildman–Crippen MR) is 105 cm³/mol. The summed E-state index contributed by atoms with van der Waals surface area (Å²) in [6.45, 7) is 0. The highest BCUT2D eigenvalue weighted by molar-refractivity contribution is 6.37. The summed E-state index contributed by atoms with van der Waals surface area (Å²) in [5, 5.41) is 14.5. The van der Waals surface area contributed by atoms with Gasteiger partial charge in [-0.15, -0.1) is 0 Å². The van der Waals surface area contributed by atoms with E-state index in [0.717, 1.165) is 32.1 Å². The Morgan fingerprint density at radius 1 is 1.11 bits per heavy atom. The molecule has 142 valence electrons. The predicted octanol–water partition coefficient (Wildman–Crippen LogP) is 5.87. The fourth-order valence-electron chi connectivity index (χ4n) is 3.05. The molecule has 1 aliphatic rings. The molecule has 8 heteroatoms. The number of ether oxygens (including phenoxy) is 1. The molecule has 0 heterocycles. The number of amides is 1. The summed E-state index contributed by atoms with van der Waals surface area (Å²) in [6, 6.07) is 8.70. The Labute approximate surface area is 166 Å². The third-order valence-corrected chi connectivity index (χ3v) is 4.99. The van der Waals surface area contributed by atoms with Gasteiger partial charge in [0, 0.05) is 11.1 Å². The van der Waals surface area contributed by atoms with E-state index < -0.39 is 10.8 Å². The first-order chi connectivity index (χ1) is 12.9. The molecule has 27 heavy (non-hydrogen) atoms. The number of halogens is 2. The molecule has 3 rings (SSSR count). The molecule has 1 N–H and O–H groups in total. The van der Waals surface area contributed by atoms with Crippen LogP contribution < -0.4 is 10.1 Å². The van der Waals surface area contributed by atoms with Crippen molar-refractivity contribution in [3.05, 3.63) is 62.1 Å². The van der Waals surface area contributed by atoms with Crippen LogP contribution in [-0.4, -0.2) is 16.9 Å². The molecule has 0 spiro atoms. The van der Waals surface area contributed by atoms with Crippen molar-refractivity contribution in [2.45, 2.75) is 38.2 Å². The van der Waals surface area contributed by atoms with Gasteiger partial charge in [0.05, 0.1) is 33.4 Å². The number of nitro groups is 1. The topological polar surface area (TPSA) is 81.5 Å². The summed E-state index contributed by atoms with van der Waals surface area (Å²) in [7, 11) is 0. The van der Waals surface area contributed by atoms with Crippen molar-refractivity contribution in [1.82, 2.24) is 0 Å². The average molecular weight is 409 g/mol. The largest absolute Gasteiger partial charge is 0.488 e. The van der Waals surface area contributed by atoms with Crippen LogP contribution in [-0.2, 0) is 0 Å². The van der Waals surface area contributed by atoms with Gasteiger partial charge in [0.2, 0.25) is 0 Å². The van der Waals surface area contributed by atoms with E-state index in [-0.39, 0.29) is 28.1 Å². The second-order valence-electron chi connectivity index (χ2n) is 6.39.